The number of fused-ring (bicyclic) bond motifs is 1. The second kappa shape index (κ2) is 7.15. The lowest BCUT2D eigenvalue weighted by Gasteiger charge is -2.32. The number of ether oxygens (including phenoxy) is 1. The maximum atomic E-state index is 13.0. The molecular formula is C20H22N4O2. The number of carbonyl (C=O) groups excluding carboxylic acids is 1. The van der Waals surface area contributed by atoms with Crippen LogP contribution in [0, 0.1) is 12.8 Å². The molecule has 26 heavy (non-hydrogen) atoms. The molecule has 1 fully saturated rings. The zero-order chi connectivity index (χ0) is 17.9. The number of benzene rings is 1. The van der Waals surface area contributed by atoms with Gasteiger partial charge in [0.05, 0.1) is 12.2 Å². The van der Waals surface area contributed by atoms with E-state index in [9.17, 15) is 4.79 Å². The van der Waals surface area contributed by atoms with Crippen molar-refractivity contribution in [3.63, 3.8) is 0 Å². The largest absolute Gasteiger partial charge is 0.493 e. The van der Waals surface area contributed by atoms with E-state index in [1.807, 2.05) is 54.4 Å². The van der Waals surface area contributed by atoms with Crippen molar-refractivity contribution in [3.8, 4) is 5.75 Å². The van der Waals surface area contributed by atoms with Gasteiger partial charge in [-0.15, -0.1) is 10.2 Å². The van der Waals surface area contributed by atoms with Crippen LogP contribution < -0.4 is 4.74 Å². The van der Waals surface area contributed by atoms with Crippen LogP contribution in [0.4, 0.5) is 0 Å². The number of likely N-dealkylation sites (tertiary alicyclic amines) is 1. The Morgan fingerprint density at radius 2 is 2.15 bits per heavy atom. The first-order valence-corrected chi connectivity index (χ1v) is 8.98. The van der Waals surface area contributed by atoms with Crippen LogP contribution in [-0.2, 0) is 0 Å². The number of aromatic nitrogens is 3. The molecule has 0 saturated carbocycles. The first-order valence-electron chi connectivity index (χ1n) is 8.98. The fourth-order valence-electron chi connectivity index (χ4n) is 3.50. The highest BCUT2D eigenvalue weighted by Gasteiger charge is 2.26. The van der Waals surface area contributed by atoms with E-state index in [4.69, 9.17) is 4.74 Å². The quantitative estimate of drug-likeness (QED) is 0.726. The molecular weight excluding hydrogens is 328 g/mol. The predicted molar refractivity (Wildman–Crippen MR) is 98.3 cm³/mol. The van der Waals surface area contributed by atoms with E-state index in [0.29, 0.717) is 30.3 Å². The Hall–Kier alpha value is -2.89. The van der Waals surface area contributed by atoms with Gasteiger partial charge in [-0.25, -0.2) is 0 Å². The van der Waals surface area contributed by atoms with E-state index in [1.54, 1.807) is 10.7 Å². The first kappa shape index (κ1) is 16.6. The number of para-hydroxylation sites is 1. The van der Waals surface area contributed by atoms with Gasteiger partial charge in [0.1, 0.15) is 12.1 Å². The van der Waals surface area contributed by atoms with Crippen LogP contribution in [0.3, 0.4) is 0 Å². The van der Waals surface area contributed by atoms with Crippen molar-refractivity contribution in [2.45, 2.75) is 19.8 Å². The number of carbonyl (C=O) groups is 1. The predicted octanol–water partition coefficient (Wildman–Crippen LogP) is 2.97. The van der Waals surface area contributed by atoms with Gasteiger partial charge >= 0.3 is 0 Å². The Balaban J connectivity index is 1.44. The fraction of sp³-hybridized carbons (Fsp3) is 0.350. The summed E-state index contributed by atoms with van der Waals surface area (Å²) in [6, 6.07) is 11.7. The Bertz CT molecular complexity index is 921. The smallest absolute Gasteiger partial charge is 0.257 e. The van der Waals surface area contributed by atoms with Crippen molar-refractivity contribution in [1.82, 2.24) is 19.5 Å². The normalized spacial score (nSPS) is 17.4. The van der Waals surface area contributed by atoms with Gasteiger partial charge in [-0.05, 0) is 43.5 Å². The third-order valence-corrected chi connectivity index (χ3v) is 4.93. The summed E-state index contributed by atoms with van der Waals surface area (Å²) in [5.41, 5.74) is 2.34. The number of rotatable bonds is 4. The third-order valence-electron chi connectivity index (χ3n) is 4.93. The van der Waals surface area contributed by atoms with Crippen molar-refractivity contribution < 1.29 is 9.53 Å². The zero-order valence-electron chi connectivity index (χ0n) is 14.8. The van der Waals surface area contributed by atoms with Crippen molar-refractivity contribution in [2.24, 2.45) is 5.92 Å². The van der Waals surface area contributed by atoms with Crippen LogP contribution in [0.1, 0.15) is 28.8 Å². The molecule has 1 saturated heterocycles. The summed E-state index contributed by atoms with van der Waals surface area (Å²) in [5, 5.41) is 7.98. The molecule has 2 aromatic heterocycles. The summed E-state index contributed by atoms with van der Waals surface area (Å²) < 4.78 is 7.78. The van der Waals surface area contributed by atoms with Crippen LogP contribution in [-0.4, -0.2) is 45.1 Å². The van der Waals surface area contributed by atoms with Gasteiger partial charge in [-0.2, -0.15) is 0 Å². The van der Waals surface area contributed by atoms with E-state index >= 15 is 0 Å². The molecule has 134 valence electrons. The highest BCUT2D eigenvalue weighted by atomic mass is 16.5. The minimum atomic E-state index is 0.0178. The van der Waals surface area contributed by atoms with E-state index in [1.165, 1.54) is 0 Å². The fourth-order valence-corrected chi connectivity index (χ4v) is 3.50. The number of pyridine rings is 1. The Morgan fingerprint density at radius 3 is 3.04 bits per heavy atom. The highest BCUT2D eigenvalue weighted by Crippen LogP contribution is 2.23. The summed E-state index contributed by atoms with van der Waals surface area (Å²) in [6.45, 7) is 4.16. The molecule has 6 nitrogen and oxygen atoms in total. The van der Waals surface area contributed by atoms with Crippen molar-refractivity contribution >= 4 is 11.6 Å². The standard InChI is InChI=1S/C20H22N4O2/c1-15-6-2-3-9-18(15)26-13-16-7-4-10-23(12-16)20(25)17-8-5-11-24-14-21-22-19(17)24/h2-3,5-6,8-9,11,14,16H,4,7,10,12-13H2,1H3/t16-/m1/s1. The molecule has 1 amide bonds. The SMILES string of the molecule is Cc1ccccc1OC[C@@H]1CCCN(C(=O)c2cccn3cnnc23)C1. The molecule has 0 spiro atoms. The molecule has 1 atom stereocenters. The number of aryl methyl sites for hydroxylation is 1. The summed E-state index contributed by atoms with van der Waals surface area (Å²) in [5.74, 6) is 1.28. The van der Waals surface area contributed by atoms with Crippen molar-refractivity contribution in [2.75, 3.05) is 19.7 Å². The van der Waals surface area contributed by atoms with Crippen LogP contribution >= 0.6 is 0 Å². The average molecular weight is 350 g/mol. The van der Waals surface area contributed by atoms with E-state index in [2.05, 4.69) is 10.2 Å². The van der Waals surface area contributed by atoms with Gasteiger partial charge in [0, 0.05) is 25.2 Å². The number of hydrogen-bond acceptors (Lipinski definition) is 4. The summed E-state index contributed by atoms with van der Waals surface area (Å²) in [4.78, 5) is 14.9. The van der Waals surface area contributed by atoms with E-state index in [-0.39, 0.29) is 5.91 Å². The lowest BCUT2D eigenvalue weighted by Crippen LogP contribution is -2.41. The molecule has 0 N–H and O–H groups in total. The monoisotopic (exact) mass is 350 g/mol. The molecule has 4 rings (SSSR count). The summed E-state index contributed by atoms with van der Waals surface area (Å²) in [7, 11) is 0. The van der Waals surface area contributed by atoms with Crippen molar-refractivity contribution in [3.05, 3.63) is 60.0 Å². The Labute approximate surface area is 152 Å². The molecule has 6 heteroatoms. The molecule has 1 aliphatic rings. The first-order chi connectivity index (χ1) is 12.7. The molecule has 3 heterocycles. The van der Waals surface area contributed by atoms with Gasteiger partial charge in [0.25, 0.3) is 5.91 Å². The average Bonchev–Trinajstić information content (AvgIpc) is 3.16. The highest BCUT2D eigenvalue weighted by molar-refractivity contribution is 5.99. The lowest BCUT2D eigenvalue weighted by atomic mass is 9.98. The van der Waals surface area contributed by atoms with Crippen LogP contribution in [0.25, 0.3) is 5.65 Å². The second-order valence-electron chi connectivity index (χ2n) is 6.82. The molecule has 0 unspecified atom stereocenters. The second-order valence-corrected chi connectivity index (χ2v) is 6.82. The van der Waals surface area contributed by atoms with Gasteiger partial charge < -0.3 is 9.64 Å². The van der Waals surface area contributed by atoms with E-state index < -0.39 is 0 Å². The van der Waals surface area contributed by atoms with Gasteiger partial charge in [-0.1, -0.05) is 18.2 Å². The number of piperidine rings is 1. The minimum Gasteiger partial charge on any atom is -0.493 e. The van der Waals surface area contributed by atoms with Crippen LogP contribution in [0.15, 0.2) is 48.9 Å². The minimum absolute atomic E-state index is 0.0178. The lowest BCUT2D eigenvalue weighted by molar-refractivity contribution is 0.0634. The topological polar surface area (TPSA) is 59.7 Å². The van der Waals surface area contributed by atoms with Gasteiger partial charge in [0.15, 0.2) is 5.65 Å². The molecule has 0 radical (unpaired) electrons. The molecule has 0 bridgehead atoms. The number of hydrogen-bond donors (Lipinski definition) is 0. The maximum Gasteiger partial charge on any atom is 0.257 e. The molecule has 3 aromatic rings. The molecule has 1 aromatic carbocycles. The zero-order valence-corrected chi connectivity index (χ0v) is 14.8. The molecule has 1 aliphatic heterocycles. The van der Waals surface area contributed by atoms with Gasteiger partial charge in [-0.3, -0.25) is 9.20 Å². The summed E-state index contributed by atoms with van der Waals surface area (Å²) in [6.07, 6.45) is 5.52. The van der Waals surface area contributed by atoms with Crippen LogP contribution in [0.5, 0.6) is 5.75 Å². The van der Waals surface area contributed by atoms with Crippen LogP contribution in [0.2, 0.25) is 0 Å². The molecule has 0 aliphatic carbocycles. The third kappa shape index (κ3) is 3.27. The summed E-state index contributed by atoms with van der Waals surface area (Å²) >= 11 is 0. The van der Waals surface area contributed by atoms with Gasteiger partial charge in [0.2, 0.25) is 0 Å². The Kier molecular flexibility index (Phi) is 4.56. The maximum absolute atomic E-state index is 13.0. The van der Waals surface area contributed by atoms with Crippen molar-refractivity contribution in [1.29, 1.82) is 0 Å². The van der Waals surface area contributed by atoms with E-state index in [0.717, 1.165) is 30.7 Å². The Morgan fingerprint density at radius 1 is 1.27 bits per heavy atom. The number of amides is 1. The number of nitrogens with zero attached hydrogens (tertiary/aromatic N) is 4.